The van der Waals surface area contributed by atoms with E-state index in [9.17, 15) is 33.7 Å². The minimum Gasteiger partial charge on any atom is -0.462 e. The number of halogens is 2. The maximum absolute atomic E-state index is 17.2. The number of ketones is 2. The molecule has 0 radical (unpaired) electrons. The molecular formula is C70H106F2N12O15P2S2. The SMILES string of the molecule is CCCCCCCCCCCCCC(=O)OC(CCCCCCCCCCCCC)CC(=O)C[C@H](C(=O)N[C@@H](CCCNC(N)=O)C(=O)Cc1ccc(CSP2(=O)OC[C@H]3O[C@@H](n4cnc5c(N)ncnc54)[C@H](F)[C@@H]3OP(O)(=S)OC[C@H]3O[C@@H](n4cnc5c(=O)[nH]cnc54)[C@H](F)[C@@H]3O2)cc1)C(C)C. The van der Waals surface area contributed by atoms with Crippen LogP contribution in [0.25, 0.3) is 22.3 Å². The average molecular weight is 1520 g/mol. The number of benzene rings is 1. The summed E-state index contributed by atoms with van der Waals surface area (Å²) in [5, 5.41) is 5.47. The second kappa shape index (κ2) is 42.0. The van der Waals surface area contributed by atoms with E-state index in [1.54, 1.807) is 24.3 Å². The van der Waals surface area contributed by atoms with Crippen molar-refractivity contribution < 1.29 is 74.5 Å². The molecule has 13 atom stereocenters. The van der Waals surface area contributed by atoms with Gasteiger partial charge in [0.1, 0.15) is 48.1 Å². The molecule has 3 fully saturated rings. The van der Waals surface area contributed by atoms with Gasteiger partial charge in [-0.05, 0) is 72.3 Å². The predicted molar refractivity (Wildman–Crippen MR) is 391 cm³/mol. The number of urea groups is 1. The Morgan fingerprint density at radius 1 is 0.718 bits per heavy atom. The van der Waals surface area contributed by atoms with E-state index < -0.39 is 112 Å². The number of Topliss-reactive ketones (excluding diaryl/α,β-unsaturated/α-hetero) is 2. The Labute approximate surface area is 610 Å². The zero-order chi connectivity index (χ0) is 73.9. The number of primary amides is 1. The third-order valence-corrected chi connectivity index (χ3v) is 24.3. The first-order valence-electron chi connectivity index (χ1n) is 36.9. The molecule has 5 aromatic rings. The van der Waals surface area contributed by atoms with Gasteiger partial charge >= 0.3 is 25.5 Å². The summed E-state index contributed by atoms with van der Waals surface area (Å²) in [4.78, 5) is 115. The molecule has 27 nitrogen and oxygen atoms in total. The largest absolute Gasteiger partial charge is 0.462 e. The summed E-state index contributed by atoms with van der Waals surface area (Å²) in [6.45, 7) is -2.40. The van der Waals surface area contributed by atoms with Gasteiger partial charge in [-0.15, -0.1) is 0 Å². The summed E-state index contributed by atoms with van der Waals surface area (Å²) in [6.07, 6.45) is 16.2. The molecule has 3 unspecified atom stereocenters. The van der Waals surface area contributed by atoms with Crippen molar-refractivity contribution in [3.05, 3.63) is 71.1 Å². The highest BCUT2D eigenvalue weighted by molar-refractivity contribution is 8.54. The number of aromatic nitrogens is 8. The molecule has 3 amide bonds. The molecule has 3 aliphatic heterocycles. The monoisotopic (exact) mass is 1520 g/mol. The number of ether oxygens (including phenoxy) is 3. The molecule has 7 heterocycles. The van der Waals surface area contributed by atoms with Crippen molar-refractivity contribution in [2.75, 3.05) is 25.5 Å². The molecule has 3 aliphatic rings. The van der Waals surface area contributed by atoms with Gasteiger partial charge < -0.3 is 50.7 Å². The number of carbonyl (C=O) groups excluding carboxylic acids is 5. The highest BCUT2D eigenvalue weighted by Gasteiger charge is 2.55. The van der Waals surface area contributed by atoms with Crippen molar-refractivity contribution in [3.8, 4) is 0 Å². The number of rotatable bonds is 44. The first kappa shape index (κ1) is 82.9. The summed E-state index contributed by atoms with van der Waals surface area (Å²) >= 11 is 6.00. The molecule has 3 saturated heterocycles. The third kappa shape index (κ3) is 25.5. The van der Waals surface area contributed by atoms with Gasteiger partial charge in [0.15, 0.2) is 53.2 Å². The van der Waals surface area contributed by atoms with Crippen molar-refractivity contribution in [2.45, 2.75) is 281 Å². The van der Waals surface area contributed by atoms with E-state index in [2.05, 4.69) is 54.4 Å². The van der Waals surface area contributed by atoms with E-state index in [-0.39, 0.29) is 102 Å². The van der Waals surface area contributed by atoms with E-state index in [0.717, 1.165) is 74.9 Å². The van der Waals surface area contributed by atoms with Crippen molar-refractivity contribution in [1.82, 2.24) is 49.7 Å². The van der Waals surface area contributed by atoms with Crippen LogP contribution in [0.15, 0.2) is 54.4 Å². The Bertz CT molecular complexity index is 3670. The Morgan fingerprint density at radius 3 is 1.85 bits per heavy atom. The van der Waals surface area contributed by atoms with E-state index in [1.807, 2.05) is 13.8 Å². The number of fused-ring (bicyclic) bond motifs is 4. The van der Waals surface area contributed by atoms with Gasteiger partial charge in [-0.2, -0.15) is 0 Å². The number of aromatic amines is 1. The number of hydrogen-bond acceptors (Lipinski definition) is 22. The first-order valence-corrected chi connectivity index (χ1v) is 42.6. The zero-order valence-electron chi connectivity index (χ0n) is 59.8. The van der Waals surface area contributed by atoms with Crippen LogP contribution in [0.2, 0.25) is 0 Å². The number of unbranched alkanes of at least 4 members (excludes halogenated alkanes) is 20. The maximum Gasteiger partial charge on any atom is 0.389 e. The van der Waals surface area contributed by atoms with E-state index >= 15 is 13.3 Å². The van der Waals surface area contributed by atoms with Crippen LogP contribution < -0.4 is 27.7 Å². The number of H-pyrrole nitrogens is 1. The average Bonchev–Trinajstić information content (AvgIpc) is 1.62. The lowest BCUT2D eigenvalue weighted by atomic mass is 9.87. The molecule has 8 N–H and O–H groups in total. The van der Waals surface area contributed by atoms with Crippen LogP contribution in [0, 0.1) is 11.8 Å². The molecule has 103 heavy (non-hydrogen) atoms. The normalized spacial score (nSPS) is 23.9. The number of nitrogens with zero attached hydrogens (tertiary/aromatic N) is 7. The molecule has 0 aliphatic carbocycles. The van der Waals surface area contributed by atoms with Crippen LogP contribution in [-0.2, 0) is 80.0 Å². The molecule has 0 spiro atoms. The molecule has 0 saturated carbocycles. The van der Waals surface area contributed by atoms with Crippen LogP contribution in [0.3, 0.4) is 0 Å². The number of nitrogens with two attached hydrogens (primary N) is 2. The van der Waals surface area contributed by atoms with Crippen molar-refractivity contribution in [3.63, 3.8) is 0 Å². The number of nitrogens with one attached hydrogen (secondary N) is 3. The fraction of sp³-hybridized carbons (Fsp3) is 0.700. The number of alkyl halides is 2. The van der Waals surface area contributed by atoms with Crippen LogP contribution in [0.1, 0.15) is 231 Å². The van der Waals surface area contributed by atoms with Crippen LogP contribution in [0.5, 0.6) is 0 Å². The summed E-state index contributed by atoms with van der Waals surface area (Å²) in [5.74, 6) is -2.68. The molecular weight excluding hydrogens is 1410 g/mol. The standard InChI is InChI=1S/C70H106F2N12O15P2S2/c1-5-7-9-11-13-15-17-19-21-23-25-28-50(95-56(87)30-26-24-22-20-18-16-14-12-10-8-6-2)37-49(85)38-51(46(3)4)66(88)82-52(29-27-35-75-70(74)90)53(86)36-47-31-33-48(34-32-47)41-103-101(92)94-40-55-61(57(71)68(97-55)83-44-80-59-63(73)76-42-77-64(59)83)98-100(91,102)93-39-54-62(99-101)58(72)69(96-54)84-45-81-60-65(84)78-43-79-67(60)89/h31-34,42-46,50-52,54-55,57-58,61-62,68-69H,5-30,35-41H2,1-4H3,(H,82,88)(H,91,102)(H2,73,76,77)(H3,74,75,90)(H,78,79,89)/t50?,51-,52-,54+,55+,57+,58+,61+,62+,68+,69+,100?,101?/m0/s1. The fourth-order valence-electron chi connectivity index (χ4n) is 13.2. The molecule has 33 heteroatoms. The topological polar surface area (TPSA) is 371 Å². The van der Waals surface area contributed by atoms with E-state index in [0.29, 0.717) is 28.9 Å². The van der Waals surface area contributed by atoms with Crippen LogP contribution in [0.4, 0.5) is 19.4 Å². The molecule has 8 rings (SSSR count). The zero-order valence-corrected chi connectivity index (χ0v) is 63.2. The molecule has 0 bridgehead atoms. The van der Waals surface area contributed by atoms with Gasteiger partial charge in [-0.3, -0.25) is 46.7 Å². The molecule has 1 aromatic carbocycles. The summed E-state index contributed by atoms with van der Waals surface area (Å²) in [5.41, 5.74) is 11.8. The molecule has 572 valence electrons. The Morgan fingerprint density at radius 2 is 1.26 bits per heavy atom. The number of carbonyl (C=O) groups is 5. The number of amides is 3. The Balaban J connectivity index is 0.920. The van der Waals surface area contributed by atoms with Gasteiger partial charge in [-0.25, -0.2) is 43.1 Å². The van der Waals surface area contributed by atoms with E-state index in [1.165, 1.54) is 101 Å². The Hall–Kier alpha value is -5.72. The fourth-order valence-corrected chi connectivity index (χ4v) is 18.0. The lowest BCUT2D eigenvalue weighted by Crippen LogP contribution is -2.46. The highest BCUT2D eigenvalue weighted by Crippen LogP contribution is 2.65. The van der Waals surface area contributed by atoms with Gasteiger partial charge in [0.2, 0.25) is 5.91 Å². The lowest BCUT2D eigenvalue weighted by Gasteiger charge is -2.30. The third-order valence-electron chi connectivity index (χ3n) is 19.1. The van der Waals surface area contributed by atoms with Crippen molar-refractivity contribution in [1.29, 1.82) is 0 Å². The van der Waals surface area contributed by atoms with Crippen molar-refractivity contribution >= 4 is 94.3 Å². The number of hydrogen-bond donors (Lipinski definition) is 6. The minimum atomic E-state index is -4.69. The number of imidazole rings is 2. The summed E-state index contributed by atoms with van der Waals surface area (Å²) in [6, 6.07) is 4.84. The summed E-state index contributed by atoms with van der Waals surface area (Å²) < 4.78 is 94.0. The first-order chi connectivity index (χ1) is 49.6. The predicted octanol–water partition coefficient (Wildman–Crippen LogP) is 13.1. The molecule has 4 aromatic heterocycles. The maximum atomic E-state index is 17.2. The smallest absolute Gasteiger partial charge is 0.389 e. The minimum absolute atomic E-state index is 0.00336. The lowest BCUT2D eigenvalue weighted by molar-refractivity contribution is -0.151. The number of nitrogen functional groups attached to an aromatic ring is 1. The van der Waals surface area contributed by atoms with Gasteiger partial charge in [0.25, 0.3) is 5.56 Å². The van der Waals surface area contributed by atoms with E-state index in [4.69, 9.17) is 55.6 Å². The van der Waals surface area contributed by atoms with Crippen molar-refractivity contribution in [2.24, 2.45) is 17.6 Å². The van der Waals surface area contributed by atoms with Crippen LogP contribution >= 0.6 is 24.9 Å². The Kier molecular flexibility index (Phi) is 33.8. The van der Waals surface area contributed by atoms with Gasteiger partial charge in [0.05, 0.1) is 38.2 Å². The van der Waals surface area contributed by atoms with Gasteiger partial charge in [-0.1, -0.05) is 180 Å². The second-order valence-corrected chi connectivity index (χ2v) is 34.4. The summed E-state index contributed by atoms with van der Waals surface area (Å²) in [7, 11) is 0. The number of esters is 1. The quantitative estimate of drug-likeness (QED) is 0.0120. The van der Waals surface area contributed by atoms with Crippen LogP contribution in [-0.4, -0.2) is 142 Å². The highest BCUT2D eigenvalue weighted by atomic mass is 32.7. The second-order valence-electron chi connectivity index (χ2n) is 27.6. The number of anilines is 1. The van der Waals surface area contributed by atoms with Gasteiger partial charge in [0, 0.05) is 43.9 Å².